The molecule has 1 aliphatic carbocycles. The van der Waals surface area contributed by atoms with Gasteiger partial charge in [0.15, 0.2) is 11.6 Å². The number of halogens is 2. The van der Waals surface area contributed by atoms with Gasteiger partial charge >= 0.3 is 0 Å². The molecular formula is C22H26F2N2O2S. The van der Waals surface area contributed by atoms with Gasteiger partial charge in [-0.2, -0.15) is 0 Å². The molecule has 29 heavy (non-hydrogen) atoms. The van der Waals surface area contributed by atoms with Crippen LogP contribution in [0.3, 0.4) is 0 Å². The average Bonchev–Trinajstić information content (AvgIpc) is 3.49. The standard InChI is InChI=1S/C22H26F2N2O2S/c1-5-14(2)13-22(10-11-22)29(27)26-20-18(28-4)12-17(23)19(24)21(20)25-16-8-6-15(3)7-9-16/h5-9,12,14,25-26H,1,10-11,13H2,2-4H3. The second-order valence-corrected chi connectivity index (χ2v) is 9.19. The van der Waals surface area contributed by atoms with E-state index in [9.17, 15) is 13.0 Å². The Bertz CT molecular complexity index is 927. The lowest BCUT2D eigenvalue weighted by atomic mass is 10.1. The number of nitrogens with one attached hydrogen (secondary N) is 2. The molecule has 156 valence electrons. The molecule has 7 heteroatoms. The number of anilines is 3. The van der Waals surface area contributed by atoms with E-state index >= 15 is 0 Å². The van der Waals surface area contributed by atoms with Gasteiger partial charge in [0, 0.05) is 11.8 Å². The van der Waals surface area contributed by atoms with Gasteiger partial charge in [-0.15, -0.1) is 6.58 Å². The molecule has 0 saturated heterocycles. The Morgan fingerprint density at radius 3 is 2.48 bits per heavy atom. The van der Waals surface area contributed by atoms with Crippen LogP contribution in [0, 0.1) is 24.5 Å². The quantitative estimate of drug-likeness (QED) is 0.501. The Kier molecular flexibility index (Phi) is 6.27. The van der Waals surface area contributed by atoms with E-state index in [2.05, 4.69) is 16.6 Å². The maximum atomic E-state index is 14.7. The van der Waals surface area contributed by atoms with Crippen molar-refractivity contribution in [2.75, 3.05) is 17.1 Å². The fourth-order valence-electron chi connectivity index (χ4n) is 3.24. The Labute approximate surface area is 172 Å². The first-order valence-electron chi connectivity index (χ1n) is 9.50. The second kappa shape index (κ2) is 8.53. The molecule has 2 aromatic carbocycles. The average molecular weight is 421 g/mol. The molecule has 2 aromatic rings. The number of methoxy groups -OCH3 is 1. The van der Waals surface area contributed by atoms with Gasteiger partial charge in [-0.25, -0.2) is 13.0 Å². The normalized spacial score (nSPS) is 16.6. The largest absolute Gasteiger partial charge is 0.494 e. The molecule has 4 nitrogen and oxygen atoms in total. The van der Waals surface area contributed by atoms with Crippen molar-refractivity contribution in [1.29, 1.82) is 0 Å². The van der Waals surface area contributed by atoms with Crippen LogP contribution in [0.25, 0.3) is 0 Å². The summed E-state index contributed by atoms with van der Waals surface area (Å²) in [5, 5.41) is 2.90. The topological polar surface area (TPSA) is 50.4 Å². The minimum atomic E-state index is -1.50. The van der Waals surface area contributed by atoms with Crippen molar-refractivity contribution >= 4 is 28.0 Å². The van der Waals surface area contributed by atoms with E-state index in [0.29, 0.717) is 12.1 Å². The zero-order valence-electron chi connectivity index (χ0n) is 16.9. The third-order valence-corrected chi connectivity index (χ3v) is 6.97. The van der Waals surface area contributed by atoms with Crippen molar-refractivity contribution in [2.24, 2.45) is 5.92 Å². The summed E-state index contributed by atoms with van der Waals surface area (Å²) in [5.41, 5.74) is 1.63. The molecule has 2 atom stereocenters. The van der Waals surface area contributed by atoms with Gasteiger partial charge in [-0.3, -0.25) is 4.72 Å². The highest BCUT2D eigenvalue weighted by Gasteiger charge is 2.49. The van der Waals surface area contributed by atoms with Gasteiger partial charge in [-0.1, -0.05) is 30.7 Å². The van der Waals surface area contributed by atoms with Crippen LogP contribution in [0.5, 0.6) is 5.75 Å². The van der Waals surface area contributed by atoms with E-state index < -0.39 is 27.4 Å². The van der Waals surface area contributed by atoms with Gasteiger partial charge < -0.3 is 10.1 Å². The van der Waals surface area contributed by atoms with Crippen molar-refractivity contribution in [2.45, 2.75) is 37.9 Å². The molecule has 1 fully saturated rings. The van der Waals surface area contributed by atoms with Crippen LogP contribution in [0.1, 0.15) is 31.7 Å². The van der Waals surface area contributed by atoms with Crippen LogP contribution in [0.2, 0.25) is 0 Å². The van der Waals surface area contributed by atoms with Crippen LogP contribution >= 0.6 is 0 Å². The van der Waals surface area contributed by atoms with Gasteiger partial charge in [-0.05, 0) is 44.2 Å². The highest BCUT2D eigenvalue weighted by molar-refractivity contribution is 7.88. The molecule has 1 aliphatic rings. The maximum Gasteiger partial charge on any atom is 0.184 e. The Balaban J connectivity index is 1.96. The fourth-order valence-corrected chi connectivity index (χ4v) is 4.73. The highest BCUT2D eigenvalue weighted by atomic mass is 32.2. The summed E-state index contributed by atoms with van der Waals surface area (Å²) < 4.78 is 49.8. The molecule has 0 aromatic heterocycles. The van der Waals surface area contributed by atoms with E-state index in [1.807, 2.05) is 32.1 Å². The summed E-state index contributed by atoms with van der Waals surface area (Å²) in [5.74, 6) is -1.82. The Morgan fingerprint density at radius 1 is 1.28 bits per heavy atom. The summed E-state index contributed by atoms with van der Waals surface area (Å²) in [4.78, 5) is 0. The van der Waals surface area contributed by atoms with Crippen LogP contribution < -0.4 is 14.8 Å². The number of hydrogen-bond donors (Lipinski definition) is 2. The zero-order chi connectivity index (χ0) is 21.2. The van der Waals surface area contributed by atoms with E-state index in [-0.39, 0.29) is 23.0 Å². The first-order chi connectivity index (χ1) is 13.8. The number of allylic oxidation sites excluding steroid dienone is 1. The second-order valence-electron chi connectivity index (χ2n) is 7.59. The molecule has 3 rings (SSSR count). The molecule has 0 heterocycles. The molecular weight excluding hydrogens is 394 g/mol. The molecule has 2 unspecified atom stereocenters. The molecule has 0 spiro atoms. The van der Waals surface area contributed by atoms with Gasteiger partial charge in [0.25, 0.3) is 0 Å². The summed E-state index contributed by atoms with van der Waals surface area (Å²) in [6.07, 6.45) is 4.15. The lowest BCUT2D eigenvalue weighted by molar-refractivity contribution is 0.409. The number of rotatable bonds is 9. The lowest BCUT2D eigenvalue weighted by Crippen LogP contribution is -2.25. The predicted octanol–water partition coefficient (Wildman–Crippen LogP) is 5.85. The zero-order valence-corrected chi connectivity index (χ0v) is 17.7. The van der Waals surface area contributed by atoms with Crippen LogP contribution in [0.15, 0.2) is 43.0 Å². The van der Waals surface area contributed by atoms with E-state index in [1.165, 1.54) is 7.11 Å². The van der Waals surface area contributed by atoms with Crippen LogP contribution in [-0.2, 0) is 11.0 Å². The van der Waals surface area contributed by atoms with Crippen molar-refractivity contribution in [3.8, 4) is 5.75 Å². The molecule has 0 aliphatic heterocycles. The lowest BCUT2D eigenvalue weighted by Gasteiger charge is -2.22. The highest BCUT2D eigenvalue weighted by Crippen LogP contribution is 2.48. The molecule has 0 amide bonds. The molecule has 0 bridgehead atoms. The third kappa shape index (κ3) is 4.61. The maximum absolute atomic E-state index is 14.7. The predicted molar refractivity (Wildman–Crippen MR) is 115 cm³/mol. The van der Waals surface area contributed by atoms with Crippen LogP contribution in [-0.4, -0.2) is 16.1 Å². The van der Waals surface area contributed by atoms with Crippen molar-refractivity contribution in [3.63, 3.8) is 0 Å². The molecule has 0 radical (unpaired) electrons. The first kappa shape index (κ1) is 21.3. The first-order valence-corrected chi connectivity index (χ1v) is 10.7. The minimum Gasteiger partial charge on any atom is -0.494 e. The van der Waals surface area contributed by atoms with Crippen molar-refractivity contribution < 1.29 is 17.7 Å². The van der Waals surface area contributed by atoms with Crippen LogP contribution in [0.4, 0.5) is 25.8 Å². The number of benzene rings is 2. The minimum absolute atomic E-state index is 0.0828. The number of ether oxygens (including phenoxy) is 1. The Hall–Kier alpha value is -2.41. The van der Waals surface area contributed by atoms with E-state index in [0.717, 1.165) is 24.5 Å². The number of aryl methyl sites for hydroxylation is 1. The van der Waals surface area contributed by atoms with Crippen molar-refractivity contribution in [1.82, 2.24) is 0 Å². The number of hydrogen-bond acceptors (Lipinski definition) is 3. The van der Waals surface area contributed by atoms with E-state index in [1.54, 1.807) is 12.1 Å². The van der Waals surface area contributed by atoms with Crippen molar-refractivity contribution in [3.05, 3.63) is 60.2 Å². The molecule has 2 N–H and O–H groups in total. The SMILES string of the molecule is C=CC(C)CC1(S(=O)Nc2c(OC)cc(F)c(F)c2Nc2ccc(C)cc2)CC1. The smallest absolute Gasteiger partial charge is 0.184 e. The van der Waals surface area contributed by atoms with Gasteiger partial charge in [0.2, 0.25) is 0 Å². The Morgan fingerprint density at radius 2 is 1.93 bits per heavy atom. The van der Waals surface area contributed by atoms with E-state index in [4.69, 9.17) is 4.74 Å². The fraction of sp³-hybridized carbons (Fsp3) is 0.364. The molecule has 1 saturated carbocycles. The third-order valence-electron chi connectivity index (χ3n) is 5.22. The summed E-state index contributed by atoms with van der Waals surface area (Å²) in [6.45, 7) is 7.75. The summed E-state index contributed by atoms with van der Waals surface area (Å²) >= 11 is 0. The van der Waals surface area contributed by atoms with Gasteiger partial charge in [0.1, 0.15) is 28.1 Å². The monoisotopic (exact) mass is 420 g/mol. The van der Waals surface area contributed by atoms with Gasteiger partial charge in [0.05, 0.1) is 11.9 Å². The summed E-state index contributed by atoms with van der Waals surface area (Å²) in [6, 6.07) is 8.21. The summed E-state index contributed by atoms with van der Waals surface area (Å²) in [7, 11) is -0.134.